The molecule has 1 atom stereocenters. The molecule has 1 aliphatic carbocycles. The highest BCUT2D eigenvalue weighted by Crippen LogP contribution is 2.20. The predicted octanol–water partition coefficient (Wildman–Crippen LogP) is 4.26. The molecule has 0 aliphatic heterocycles. The molecule has 0 fully saturated rings. The predicted molar refractivity (Wildman–Crippen MR) is 94.6 cm³/mol. The van der Waals surface area contributed by atoms with Crippen molar-refractivity contribution in [3.8, 4) is 0 Å². The van der Waals surface area contributed by atoms with Gasteiger partial charge in [0.25, 0.3) is 0 Å². The van der Waals surface area contributed by atoms with Crippen molar-refractivity contribution in [2.24, 2.45) is 0 Å². The lowest BCUT2D eigenvalue weighted by Gasteiger charge is -2.06. The van der Waals surface area contributed by atoms with Crippen molar-refractivity contribution in [1.29, 1.82) is 0 Å². The van der Waals surface area contributed by atoms with E-state index in [4.69, 9.17) is 4.42 Å². The number of hydrogen-bond donors (Lipinski definition) is 0. The molecule has 1 aromatic carbocycles. The largest absolute Gasteiger partial charge is 0.456 e. The van der Waals surface area contributed by atoms with Gasteiger partial charge in [-0.25, -0.2) is 0 Å². The van der Waals surface area contributed by atoms with Crippen LogP contribution in [0, 0.1) is 0 Å². The summed E-state index contributed by atoms with van der Waals surface area (Å²) < 4.78 is 6.02. The molecule has 0 radical (unpaired) electrons. The highest BCUT2D eigenvalue weighted by molar-refractivity contribution is 5.65. The second kappa shape index (κ2) is 6.48. The molecule has 0 N–H and O–H groups in total. The summed E-state index contributed by atoms with van der Waals surface area (Å²) in [5.74, 6) is 1.06. The van der Waals surface area contributed by atoms with Gasteiger partial charge in [-0.05, 0) is 24.1 Å². The molecule has 0 saturated heterocycles. The van der Waals surface area contributed by atoms with Crippen molar-refractivity contribution in [1.82, 2.24) is 0 Å². The van der Waals surface area contributed by atoms with Crippen LogP contribution in [0.15, 0.2) is 59.6 Å². The molecular weight excluding hydrogens is 268 g/mol. The summed E-state index contributed by atoms with van der Waals surface area (Å²) in [5, 5.41) is 1.13. The first kappa shape index (κ1) is 14.4. The molecule has 110 valence electrons. The van der Waals surface area contributed by atoms with Gasteiger partial charge in [-0.2, -0.15) is 0 Å². The third kappa shape index (κ3) is 2.75. The number of rotatable bonds is 4. The number of benzene rings is 1. The number of fused-ring (bicyclic) bond motifs is 1. The molecule has 0 spiro atoms. The van der Waals surface area contributed by atoms with Crippen molar-refractivity contribution < 1.29 is 4.42 Å². The number of hydrogen-bond acceptors (Lipinski definition) is 1. The Labute approximate surface area is 131 Å². The molecule has 1 heteroatoms. The summed E-state index contributed by atoms with van der Waals surface area (Å²) in [6.07, 6.45) is 15.7. The van der Waals surface area contributed by atoms with Crippen LogP contribution in [-0.2, 0) is 0 Å². The lowest BCUT2D eigenvalue weighted by atomic mass is 9.99. The van der Waals surface area contributed by atoms with Crippen LogP contribution in [0.4, 0.5) is 0 Å². The lowest BCUT2D eigenvalue weighted by Crippen LogP contribution is -2.21. The van der Waals surface area contributed by atoms with Gasteiger partial charge in [0.15, 0.2) is 0 Å². The molecule has 1 nitrogen and oxygen atoms in total. The van der Waals surface area contributed by atoms with Gasteiger partial charge in [0.2, 0.25) is 0 Å². The Kier molecular flexibility index (Phi) is 4.24. The van der Waals surface area contributed by atoms with Crippen LogP contribution >= 0.6 is 0 Å². The first-order chi connectivity index (χ1) is 10.8. The Morgan fingerprint density at radius 2 is 2.05 bits per heavy atom. The van der Waals surface area contributed by atoms with Crippen molar-refractivity contribution in [3.63, 3.8) is 0 Å². The SMILES string of the molecule is C=Cc1oc2c(c1/C=C\CC)=CC=CC(c1ccccc1)C=2. The second-order valence-corrected chi connectivity index (χ2v) is 5.33. The van der Waals surface area contributed by atoms with E-state index in [9.17, 15) is 0 Å². The summed E-state index contributed by atoms with van der Waals surface area (Å²) in [5.41, 5.74) is 3.30. The van der Waals surface area contributed by atoms with Gasteiger partial charge >= 0.3 is 0 Å². The third-order valence-corrected chi connectivity index (χ3v) is 3.84. The minimum absolute atomic E-state index is 0.227. The van der Waals surface area contributed by atoms with Crippen molar-refractivity contribution in [2.75, 3.05) is 0 Å². The smallest absolute Gasteiger partial charge is 0.134 e. The van der Waals surface area contributed by atoms with E-state index in [-0.39, 0.29) is 5.92 Å². The molecular formula is C21H20O. The summed E-state index contributed by atoms with van der Waals surface area (Å²) >= 11 is 0. The fraction of sp³-hybridized carbons (Fsp3) is 0.143. The maximum Gasteiger partial charge on any atom is 0.134 e. The second-order valence-electron chi connectivity index (χ2n) is 5.33. The van der Waals surface area contributed by atoms with E-state index in [1.807, 2.05) is 6.07 Å². The summed E-state index contributed by atoms with van der Waals surface area (Å²) in [6.45, 7) is 6.00. The average molecular weight is 288 g/mol. The lowest BCUT2D eigenvalue weighted by molar-refractivity contribution is 0.520. The van der Waals surface area contributed by atoms with Gasteiger partial charge in [0.1, 0.15) is 11.2 Å². The molecule has 3 rings (SSSR count). The van der Waals surface area contributed by atoms with Crippen LogP contribution in [-0.4, -0.2) is 0 Å². The molecule has 22 heavy (non-hydrogen) atoms. The van der Waals surface area contributed by atoms with Gasteiger partial charge in [0.05, 0.1) is 0 Å². The van der Waals surface area contributed by atoms with E-state index in [0.29, 0.717) is 0 Å². The monoisotopic (exact) mass is 288 g/mol. The summed E-state index contributed by atoms with van der Waals surface area (Å²) in [4.78, 5) is 0. The van der Waals surface area contributed by atoms with Crippen LogP contribution in [0.3, 0.4) is 0 Å². The van der Waals surface area contributed by atoms with Crippen LogP contribution < -0.4 is 10.6 Å². The first-order valence-electron chi connectivity index (χ1n) is 7.70. The van der Waals surface area contributed by atoms with E-state index in [1.165, 1.54) is 5.56 Å². The van der Waals surface area contributed by atoms with E-state index < -0.39 is 0 Å². The molecule has 2 aromatic rings. The van der Waals surface area contributed by atoms with Gasteiger partial charge in [-0.3, -0.25) is 0 Å². The number of allylic oxidation sites excluding steroid dienone is 3. The Balaban J connectivity index is 2.16. The zero-order valence-electron chi connectivity index (χ0n) is 12.8. The van der Waals surface area contributed by atoms with Crippen molar-refractivity contribution in [2.45, 2.75) is 19.3 Å². The van der Waals surface area contributed by atoms with Crippen LogP contribution in [0.1, 0.15) is 36.1 Å². The Bertz CT molecular complexity index is 832. The van der Waals surface area contributed by atoms with Gasteiger partial charge in [-0.1, -0.05) is 74.2 Å². The molecule has 1 aromatic heterocycles. The Morgan fingerprint density at radius 3 is 2.77 bits per heavy atom. The zero-order valence-corrected chi connectivity index (χ0v) is 12.8. The number of furan rings is 1. The molecule has 1 unspecified atom stereocenters. The third-order valence-electron chi connectivity index (χ3n) is 3.84. The molecule has 0 amide bonds. The van der Waals surface area contributed by atoms with Crippen LogP contribution in [0.5, 0.6) is 0 Å². The fourth-order valence-corrected chi connectivity index (χ4v) is 2.72. The molecule has 1 aliphatic rings. The van der Waals surface area contributed by atoms with E-state index in [2.05, 4.69) is 74.2 Å². The standard InChI is InChI=1S/C21H20O/c1-3-5-13-18-19-14-9-12-17(16-10-7-6-8-11-16)15-21(19)22-20(18)4-2/h4-15,17H,2-3H2,1H3/b13-5-. The Hall–Kier alpha value is -2.54. The molecule has 0 saturated carbocycles. The summed E-state index contributed by atoms with van der Waals surface area (Å²) in [6, 6.07) is 10.5. The molecule has 0 bridgehead atoms. The molecule has 1 heterocycles. The first-order valence-corrected chi connectivity index (χ1v) is 7.70. The maximum absolute atomic E-state index is 6.02. The summed E-state index contributed by atoms with van der Waals surface area (Å²) in [7, 11) is 0. The van der Waals surface area contributed by atoms with Crippen molar-refractivity contribution >= 4 is 24.3 Å². The highest BCUT2D eigenvalue weighted by Gasteiger charge is 2.11. The van der Waals surface area contributed by atoms with Gasteiger partial charge < -0.3 is 4.42 Å². The Morgan fingerprint density at radius 1 is 1.23 bits per heavy atom. The maximum atomic E-state index is 6.02. The zero-order chi connectivity index (χ0) is 15.4. The minimum Gasteiger partial charge on any atom is -0.456 e. The van der Waals surface area contributed by atoms with Crippen molar-refractivity contribution in [3.05, 3.63) is 82.7 Å². The quantitative estimate of drug-likeness (QED) is 0.819. The van der Waals surface area contributed by atoms with E-state index in [1.54, 1.807) is 6.08 Å². The fourth-order valence-electron chi connectivity index (χ4n) is 2.72. The topological polar surface area (TPSA) is 13.1 Å². The van der Waals surface area contributed by atoms with Gasteiger partial charge in [-0.15, -0.1) is 0 Å². The van der Waals surface area contributed by atoms with Gasteiger partial charge in [0, 0.05) is 16.7 Å². The van der Waals surface area contributed by atoms with Crippen LogP contribution in [0.2, 0.25) is 0 Å². The average Bonchev–Trinajstić information content (AvgIpc) is 2.75. The minimum atomic E-state index is 0.227. The normalized spacial score (nSPS) is 16.7. The van der Waals surface area contributed by atoms with E-state index in [0.717, 1.165) is 28.4 Å². The van der Waals surface area contributed by atoms with Crippen LogP contribution in [0.25, 0.3) is 24.3 Å². The van der Waals surface area contributed by atoms with E-state index >= 15 is 0 Å². The highest BCUT2D eigenvalue weighted by atomic mass is 16.3.